The van der Waals surface area contributed by atoms with Crippen molar-refractivity contribution in [2.75, 3.05) is 26.7 Å². The van der Waals surface area contributed by atoms with Gasteiger partial charge in [0.15, 0.2) is 0 Å². The fourth-order valence-corrected chi connectivity index (χ4v) is 3.59. The molecule has 0 radical (unpaired) electrons. The van der Waals surface area contributed by atoms with Crippen LogP contribution in [0.4, 0.5) is 0 Å². The molecule has 2 rings (SSSR count). The second kappa shape index (κ2) is 6.44. The molecule has 0 saturated carbocycles. The minimum absolute atomic E-state index is 0.571. The first-order valence-electron chi connectivity index (χ1n) is 8.08. The lowest BCUT2D eigenvalue weighted by molar-refractivity contribution is -0.147. The lowest BCUT2D eigenvalue weighted by atomic mass is 9.87. The Morgan fingerprint density at radius 1 is 1.20 bits per heavy atom. The SMILES string of the molecule is CN1C2CCC1CN(CCCCC(C)(C)C(=O)O)CC2. The van der Waals surface area contributed by atoms with Gasteiger partial charge in [-0.1, -0.05) is 6.42 Å². The highest BCUT2D eigenvalue weighted by atomic mass is 16.4. The van der Waals surface area contributed by atoms with E-state index in [2.05, 4.69) is 16.8 Å². The van der Waals surface area contributed by atoms with Crippen molar-refractivity contribution in [1.29, 1.82) is 0 Å². The first kappa shape index (κ1) is 15.8. The molecule has 2 aliphatic rings. The van der Waals surface area contributed by atoms with E-state index in [1.54, 1.807) is 0 Å². The maximum atomic E-state index is 11.1. The number of carboxylic acid groups (broad SMARTS) is 1. The van der Waals surface area contributed by atoms with Gasteiger partial charge in [0.25, 0.3) is 0 Å². The maximum absolute atomic E-state index is 11.1. The Morgan fingerprint density at radius 2 is 1.90 bits per heavy atom. The fraction of sp³-hybridized carbons (Fsp3) is 0.938. The molecule has 2 heterocycles. The lowest BCUT2D eigenvalue weighted by Gasteiger charge is -2.26. The van der Waals surface area contributed by atoms with Gasteiger partial charge in [-0.2, -0.15) is 0 Å². The van der Waals surface area contributed by atoms with Crippen molar-refractivity contribution in [3.05, 3.63) is 0 Å². The van der Waals surface area contributed by atoms with E-state index in [1.807, 2.05) is 13.8 Å². The van der Waals surface area contributed by atoms with Gasteiger partial charge in [0.05, 0.1) is 5.41 Å². The number of carboxylic acids is 1. The molecule has 2 fully saturated rings. The van der Waals surface area contributed by atoms with Crippen LogP contribution in [0.1, 0.15) is 52.4 Å². The lowest BCUT2D eigenvalue weighted by Crippen LogP contribution is -2.37. The topological polar surface area (TPSA) is 43.8 Å². The molecule has 2 aliphatic heterocycles. The molecule has 4 heteroatoms. The van der Waals surface area contributed by atoms with Crippen LogP contribution in [0.5, 0.6) is 0 Å². The molecule has 0 aromatic carbocycles. The van der Waals surface area contributed by atoms with Crippen LogP contribution in [0.15, 0.2) is 0 Å². The summed E-state index contributed by atoms with van der Waals surface area (Å²) in [7, 11) is 2.28. The van der Waals surface area contributed by atoms with Crippen LogP contribution >= 0.6 is 0 Å². The number of likely N-dealkylation sites (N-methyl/N-ethyl adjacent to an activating group) is 1. The normalized spacial score (nSPS) is 28.6. The molecule has 2 bridgehead atoms. The highest BCUT2D eigenvalue weighted by Gasteiger charge is 2.34. The molecule has 20 heavy (non-hydrogen) atoms. The van der Waals surface area contributed by atoms with E-state index in [9.17, 15) is 4.79 Å². The Bertz CT molecular complexity index is 343. The van der Waals surface area contributed by atoms with Gasteiger partial charge in [-0.25, -0.2) is 0 Å². The average Bonchev–Trinajstić information content (AvgIpc) is 2.61. The number of hydrogen-bond donors (Lipinski definition) is 1. The summed E-state index contributed by atoms with van der Waals surface area (Å²) in [5.74, 6) is -0.675. The van der Waals surface area contributed by atoms with Crippen molar-refractivity contribution in [2.24, 2.45) is 5.41 Å². The van der Waals surface area contributed by atoms with Crippen LogP contribution in [0.2, 0.25) is 0 Å². The molecular weight excluding hydrogens is 252 g/mol. The van der Waals surface area contributed by atoms with Crippen LogP contribution in [-0.4, -0.2) is 59.6 Å². The van der Waals surface area contributed by atoms with Crippen LogP contribution < -0.4 is 0 Å². The second-order valence-electron chi connectivity index (χ2n) is 7.29. The van der Waals surface area contributed by atoms with Crippen molar-refractivity contribution in [1.82, 2.24) is 9.80 Å². The summed E-state index contributed by atoms with van der Waals surface area (Å²) in [5, 5.41) is 9.11. The molecule has 2 unspecified atom stereocenters. The van der Waals surface area contributed by atoms with Gasteiger partial charge in [0.1, 0.15) is 0 Å². The van der Waals surface area contributed by atoms with Gasteiger partial charge in [0.2, 0.25) is 0 Å². The minimum atomic E-state index is -0.675. The zero-order valence-corrected chi connectivity index (χ0v) is 13.3. The molecule has 0 spiro atoms. The van der Waals surface area contributed by atoms with E-state index >= 15 is 0 Å². The summed E-state index contributed by atoms with van der Waals surface area (Å²) in [6, 6.07) is 1.55. The summed E-state index contributed by atoms with van der Waals surface area (Å²) in [5.41, 5.74) is -0.571. The number of rotatable bonds is 6. The Hall–Kier alpha value is -0.610. The summed E-state index contributed by atoms with van der Waals surface area (Å²) in [6.07, 6.45) is 6.94. The smallest absolute Gasteiger partial charge is 0.309 e. The van der Waals surface area contributed by atoms with E-state index in [0.29, 0.717) is 0 Å². The molecule has 2 atom stereocenters. The minimum Gasteiger partial charge on any atom is -0.481 e. The van der Waals surface area contributed by atoms with E-state index in [0.717, 1.165) is 37.9 Å². The maximum Gasteiger partial charge on any atom is 0.309 e. The van der Waals surface area contributed by atoms with Crippen LogP contribution in [0.25, 0.3) is 0 Å². The van der Waals surface area contributed by atoms with Crippen molar-refractivity contribution in [3.8, 4) is 0 Å². The van der Waals surface area contributed by atoms with E-state index in [1.165, 1.54) is 32.4 Å². The summed E-state index contributed by atoms with van der Waals surface area (Å²) < 4.78 is 0. The molecule has 116 valence electrons. The largest absolute Gasteiger partial charge is 0.481 e. The predicted molar refractivity (Wildman–Crippen MR) is 80.9 cm³/mol. The molecule has 1 N–H and O–H groups in total. The molecule has 4 nitrogen and oxygen atoms in total. The highest BCUT2D eigenvalue weighted by molar-refractivity contribution is 5.73. The Morgan fingerprint density at radius 3 is 2.60 bits per heavy atom. The Balaban J connectivity index is 1.69. The number of fused-ring (bicyclic) bond motifs is 2. The molecule has 0 amide bonds. The molecule has 0 aromatic rings. The van der Waals surface area contributed by atoms with Crippen molar-refractivity contribution < 1.29 is 9.90 Å². The monoisotopic (exact) mass is 282 g/mol. The summed E-state index contributed by atoms with van der Waals surface area (Å²) >= 11 is 0. The van der Waals surface area contributed by atoms with E-state index in [-0.39, 0.29) is 0 Å². The van der Waals surface area contributed by atoms with Crippen LogP contribution in [0.3, 0.4) is 0 Å². The van der Waals surface area contributed by atoms with Crippen molar-refractivity contribution in [2.45, 2.75) is 64.5 Å². The number of nitrogens with zero attached hydrogens (tertiary/aromatic N) is 2. The van der Waals surface area contributed by atoms with E-state index in [4.69, 9.17) is 5.11 Å². The van der Waals surface area contributed by atoms with Crippen molar-refractivity contribution in [3.63, 3.8) is 0 Å². The Labute approximate surface area is 123 Å². The van der Waals surface area contributed by atoms with Gasteiger partial charge in [0, 0.05) is 18.6 Å². The van der Waals surface area contributed by atoms with Gasteiger partial charge in [-0.15, -0.1) is 0 Å². The number of aliphatic carboxylic acids is 1. The number of carbonyl (C=O) groups is 1. The molecule has 2 saturated heterocycles. The van der Waals surface area contributed by atoms with Gasteiger partial charge >= 0.3 is 5.97 Å². The van der Waals surface area contributed by atoms with E-state index < -0.39 is 11.4 Å². The number of hydrogen-bond acceptors (Lipinski definition) is 3. The quantitative estimate of drug-likeness (QED) is 0.760. The van der Waals surface area contributed by atoms with Gasteiger partial charge in [-0.05, 0) is 66.1 Å². The van der Waals surface area contributed by atoms with Crippen molar-refractivity contribution >= 4 is 5.97 Å². The summed E-state index contributed by atoms with van der Waals surface area (Å²) in [6.45, 7) is 7.21. The highest BCUT2D eigenvalue weighted by Crippen LogP contribution is 2.29. The number of likely N-dealkylation sites (tertiary alicyclic amines) is 1. The summed E-state index contributed by atoms with van der Waals surface area (Å²) in [4.78, 5) is 16.2. The third-order valence-corrected chi connectivity index (χ3v) is 5.34. The standard InChI is InChI=1S/C16H30N2O2/c1-16(2,15(19)20)9-4-5-10-18-11-8-13-6-7-14(12-18)17(13)3/h13-14H,4-12H2,1-3H3,(H,19,20). The third-order valence-electron chi connectivity index (χ3n) is 5.34. The number of unbranched alkanes of at least 4 members (excludes halogenated alkanes) is 1. The zero-order chi connectivity index (χ0) is 14.8. The first-order chi connectivity index (χ1) is 9.40. The Kier molecular flexibility index (Phi) is 5.08. The molecular formula is C16H30N2O2. The van der Waals surface area contributed by atoms with Crippen LogP contribution in [-0.2, 0) is 4.79 Å². The average molecular weight is 282 g/mol. The predicted octanol–water partition coefficient (Wildman–Crippen LogP) is 2.44. The first-order valence-corrected chi connectivity index (χ1v) is 8.08. The van der Waals surface area contributed by atoms with Gasteiger partial charge in [-0.3, -0.25) is 9.69 Å². The van der Waals surface area contributed by atoms with Crippen LogP contribution in [0, 0.1) is 5.41 Å². The molecule has 0 aliphatic carbocycles. The zero-order valence-electron chi connectivity index (χ0n) is 13.3. The third kappa shape index (κ3) is 3.73. The molecule has 0 aromatic heterocycles. The van der Waals surface area contributed by atoms with Gasteiger partial charge < -0.3 is 10.0 Å². The fourth-order valence-electron chi connectivity index (χ4n) is 3.59. The second-order valence-corrected chi connectivity index (χ2v) is 7.29.